The molecule has 92 valence electrons. The molecular weight excluding hydrogens is 208 g/mol. The molecule has 5 heteroatoms. The molecule has 1 atom stereocenters. The third kappa shape index (κ3) is 5.11. The van der Waals surface area contributed by atoms with Gasteiger partial charge in [-0.2, -0.15) is 0 Å². The highest BCUT2D eigenvalue weighted by Crippen LogP contribution is 2.09. The fourth-order valence-corrected chi connectivity index (χ4v) is 1.83. The minimum Gasteiger partial charge on any atom is -0.481 e. The molecule has 1 heterocycles. The number of amides is 1. The zero-order chi connectivity index (χ0) is 11.8. The van der Waals surface area contributed by atoms with Crippen LogP contribution < -0.4 is 10.6 Å². The summed E-state index contributed by atoms with van der Waals surface area (Å²) < 4.78 is 0. The van der Waals surface area contributed by atoms with Gasteiger partial charge < -0.3 is 15.7 Å². The second kappa shape index (κ2) is 7.22. The van der Waals surface area contributed by atoms with Crippen molar-refractivity contribution >= 4 is 11.9 Å². The van der Waals surface area contributed by atoms with E-state index in [1.165, 1.54) is 0 Å². The lowest BCUT2D eigenvalue weighted by Gasteiger charge is -2.21. The molecule has 1 aliphatic heterocycles. The Labute approximate surface area is 95.6 Å². The maximum Gasteiger partial charge on any atom is 0.303 e. The van der Waals surface area contributed by atoms with Gasteiger partial charge in [-0.25, -0.2) is 0 Å². The van der Waals surface area contributed by atoms with Gasteiger partial charge in [0.2, 0.25) is 5.91 Å². The maximum absolute atomic E-state index is 11.6. The summed E-state index contributed by atoms with van der Waals surface area (Å²) in [5.41, 5.74) is 0. The highest BCUT2D eigenvalue weighted by molar-refractivity contribution is 5.78. The summed E-state index contributed by atoms with van der Waals surface area (Å²) in [5, 5.41) is 14.5. The average Bonchev–Trinajstić information content (AvgIpc) is 2.29. The van der Waals surface area contributed by atoms with E-state index < -0.39 is 5.97 Å². The van der Waals surface area contributed by atoms with Gasteiger partial charge in [-0.05, 0) is 32.2 Å². The molecule has 0 saturated carbocycles. The SMILES string of the molecule is O=C(O)CCCCNC(=O)C1CCCNC1. The van der Waals surface area contributed by atoms with Crippen LogP contribution in [0.1, 0.15) is 32.1 Å². The molecule has 1 unspecified atom stereocenters. The van der Waals surface area contributed by atoms with Crippen LogP contribution in [0.5, 0.6) is 0 Å². The standard InChI is InChI=1S/C11H20N2O3/c14-10(15)5-1-2-7-13-11(16)9-4-3-6-12-8-9/h9,12H,1-8H2,(H,13,16)(H,14,15). The molecule has 16 heavy (non-hydrogen) atoms. The Balaban J connectivity index is 2.03. The Morgan fingerprint density at radius 2 is 2.19 bits per heavy atom. The molecule has 0 aromatic rings. The Kier molecular flexibility index (Phi) is 5.85. The lowest BCUT2D eigenvalue weighted by molar-refractivity contribution is -0.137. The van der Waals surface area contributed by atoms with E-state index in [1.54, 1.807) is 0 Å². The van der Waals surface area contributed by atoms with E-state index in [-0.39, 0.29) is 18.2 Å². The Hall–Kier alpha value is -1.10. The molecule has 1 fully saturated rings. The number of carbonyl (C=O) groups excluding carboxylic acids is 1. The summed E-state index contributed by atoms with van der Waals surface area (Å²) in [6.07, 6.45) is 3.54. The van der Waals surface area contributed by atoms with E-state index in [0.717, 1.165) is 32.4 Å². The molecule has 1 saturated heterocycles. The minimum absolute atomic E-state index is 0.0909. The molecule has 0 aromatic heterocycles. The maximum atomic E-state index is 11.6. The summed E-state index contributed by atoms with van der Waals surface area (Å²) in [6, 6.07) is 0. The van der Waals surface area contributed by atoms with E-state index in [4.69, 9.17) is 5.11 Å². The molecule has 0 radical (unpaired) electrons. The number of rotatable bonds is 6. The van der Waals surface area contributed by atoms with Gasteiger partial charge in [0.25, 0.3) is 0 Å². The average molecular weight is 228 g/mol. The van der Waals surface area contributed by atoms with Crippen LogP contribution in [0.25, 0.3) is 0 Å². The van der Waals surface area contributed by atoms with Crippen molar-refractivity contribution in [3.8, 4) is 0 Å². The van der Waals surface area contributed by atoms with Crippen LogP contribution in [0.3, 0.4) is 0 Å². The molecule has 0 bridgehead atoms. The highest BCUT2D eigenvalue weighted by Gasteiger charge is 2.19. The molecule has 1 aliphatic rings. The quantitative estimate of drug-likeness (QED) is 0.573. The number of piperidine rings is 1. The number of hydrogen-bond acceptors (Lipinski definition) is 3. The first-order valence-electron chi connectivity index (χ1n) is 5.90. The molecule has 3 N–H and O–H groups in total. The first-order chi connectivity index (χ1) is 7.70. The van der Waals surface area contributed by atoms with Gasteiger partial charge in [-0.15, -0.1) is 0 Å². The van der Waals surface area contributed by atoms with Crippen molar-refractivity contribution in [2.24, 2.45) is 5.92 Å². The molecular formula is C11H20N2O3. The molecule has 0 aromatic carbocycles. The Bertz CT molecular complexity index is 237. The lowest BCUT2D eigenvalue weighted by atomic mass is 9.99. The van der Waals surface area contributed by atoms with Crippen molar-refractivity contribution in [2.75, 3.05) is 19.6 Å². The number of nitrogens with one attached hydrogen (secondary N) is 2. The fraction of sp³-hybridized carbons (Fsp3) is 0.818. The van der Waals surface area contributed by atoms with E-state index in [2.05, 4.69) is 10.6 Å². The van der Waals surface area contributed by atoms with Gasteiger partial charge in [0.1, 0.15) is 0 Å². The van der Waals surface area contributed by atoms with Gasteiger partial charge >= 0.3 is 5.97 Å². The van der Waals surface area contributed by atoms with Gasteiger partial charge in [0.15, 0.2) is 0 Å². The molecule has 1 amide bonds. The Morgan fingerprint density at radius 1 is 1.38 bits per heavy atom. The van der Waals surface area contributed by atoms with Crippen molar-refractivity contribution in [1.82, 2.24) is 10.6 Å². The van der Waals surface area contributed by atoms with E-state index in [9.17, 15) is 9.59 Å². The first-order valence-corrected chi connectivity index (χ1v) is 5.90. The molecule has 1 rings (SSSR count). The summed E-state index contributed by atoms with van der Waals surface area (Å²) in [6.45, 7) is 2.35. The van der Waals surface area contributed by atoms with Crippen LogP contribution in [-0.2, 0) is 9.59 Å². The second-order valence-corrected chi connectivity index (χ2v) is 4.19. The number of carbonyl (C=O) groups is 2. The molecule has 0 aliphatic carbocycles. The lowest BCUT2D eigenvalue weighted by Crippen LogP contribution is -2.40. The predicted octanol–water partition coefficient (Wildman–Crippen LogP) is 0.357. The molecule has 5 nitrogen and oxygen atoms in total. The van der Waals surface area contributed by atoms with Crippen LogP contribution in [0.15, 0.2) is 0 Å². The summed E-state index contributed by atoms with van der Waals surface area (Å²) in [4.78, 5) is 21.9. The number of carboxylic acid groups (broad SMARTS) is 1. The zero-order valence-corrected chi connectivity index (χ0v) is 9.50. The van der Waals surface area contributed by atoms with E-state index in [0.29, 0.717) is 13.0 Å². The van der Waals surface area contributed by atoms with Crippen molar-refractivity contribution in [3.63, 3.8) is 0 Å². The fourth-order valence-electron chi connectivity index (χ4n) is 1.83. The van der Waals surface area contributed by atoms with Crippen LogP contribution >= 0.6 is 0 Å². The second-order valence-electron chi connectivity index (χ2n) is 4.19. The highest BCUT2D eigenvalue weighted by atomic mass is 16.4. The van der Waals surface area contributed by atoms with Crippen molar-refractivity contribution in [3.05, 3.63) is 0 Å². The first kappa shape index (κ1) is 13.0. The van der Waals surface area contributed by atoms with E-state index >= 15 is 0 Å². The normalized spacial score (nSPS) is 20.4. The van der Waals surface area contributed by atoms with Crippen LogP contribution in [0, 0.1) is 5.92 Å². The van der Waals surface area contributed by atoms with Gasteiger partial charge in [0.05, 0.1) is 5.92 Å². The Morgan fingerprint density at radius 3 is 2.81 bits per heavy atom. The zero-order valence-electron chi connectivity index (χ0n) is 9.50. The topological polar surface area (TPSA) is 78.4 Å². The van der Waals surface area contributed by atoms with Crippen molar-refractivity contribution < 1.29 is 14.7 Å². The molecule has 0 spiro atoms. The van der Waals surface area contributed by atoms with Crippen LogP contribution in [0.4, 0.5) is 0 Å². The number of aliphatic carboxylic acids is 1. The summed E-state index contributed by atoms with van der Waals surface area (Å²) >= 11 is 0. The van der Waals surface area contributed by atoms with Gasteiger partial charge in [0, 0.05) is 19.5 Å². The largest absolute Gasteiger partial charge is 0.481 e. The van der Waals surface area contributed by atoms with Gasteiger partial charge in [-0.1, -0.05) is 0 Å². The van der Waals surface area contributed by atoms with Crippen molar-refractivity contribution in [1.29, 1.82) is 0 Å². The number of carboxylic acids is 1. The predicted molar refractivity (Wildman–Crippen MR) is 60.1 cm³/mol. The summed E-state index contributed by atoms with van der Waals surface area (Å²) in [7, 11) is 0. The minimum atomic E-state index is -0.775. The monoisotopic (exact) mass is 228 g/mol. The van der Waals surface area contributed by atoms with E-state index in [1.807, 2.05) is 0 Å². The smallest absolute Gasteiger partial charge is 0.303 e. The third-order valence-electron chi connectivity index (χ3n) is 2.78. The summed E-state index contributed by atoms with van der Waals surface area (Å²) in [5.74, 6) is -0.585. The number of unbranched alkanes of at least 4 members (excludes halogenated alkanes) is 1. The van der Waals surface area contributed by atoms with Gasteiger partial charge in [-0.3, -0.25) is 9.59 Å². The van der Waals surface area contributed by atoms with Crippen molar-refractivity contribution in [2.45, 2.75) is 32.1 Å². The third-order valence-corrected chi connectivity index (χ3v) is 2.78. The van der Waals surface area contributed by atoms with Crippen LogP contribution in [0.2, 0.25) is 0 Å². The van der Waals surface area contributed by atoms with Crippen LogP contribution in [-0.4, -0.2) is 36.6 Å². The number of hydrogen-bond donors (Lipinski definition) is 3.